The van der Waals surface area contributed by atoms with Gasteiger partial charge in [0, 0.05) is 19.4 Å². The lowest BCUT2D eigenvalue weighted by Crippen LogP contribution is -2.52. The van der Waals surface area contributed by atoms with Crippen LogP contribution in [-0.2, 0) is 19.1 Å². The molecule has 2 aromatic carbocycles. The molecule has 0 fully saturated rings. The van der Waals surface area contributed by atoms with E-state index in [1.165, 1.54) is 6.92 Å². The number of nitrogens with one attached hydrogen (secondary N) is 4. The fourth-order valence-electron chi connectivity index (χ4n) is 4.33. The summed E-state index contributed by atoms with van der Waals surface area (Å²) in [5, 5.41) is 5.30. The molecule has 1 aliphatic carbocycles. The van der Waals surface area contributed by atoms with Gasteiger partial charge in [0.15, 0.2) is 0 Å². The van der Waals surface area contributed by atoms with E-state index in [0.717, 1.165) is 22.3 Å². The third kappa shape index (κ3) is 8.22. The molecule has 0 radical (unpaired) electrons. The zero-order chi connectivity index (χ0) is 27.7. The topological polar surface area (TPSA) is 135 Å². The van der Waals surface area contributed by atoms with Crippen molar-refractivity contribution < 1.29 is 28.7 Å². The van der Waals surface area contributed by atoms with Crippen LogP contribution in [0.25, 0.3) is 11.1 Å². The van der Waals surface area contributed by atoms with Crippen LogP contribution >= 0.6 is 0 Å². The number of hydrazine groups is 1. The molecule has 0 saturated heterocycles. The third-order valence-corrected chi connectivity index (χ3v) is 5.91. The summed E-state index contributed by atoms with van der Waals surface area (Å²) in [6, 6.07) is 15.4. The van der Waals surface area contributed by atoms with Gasteiger partial charge in [-0.1, -0.05) is 48.5 Å². The van der Waals surface area contributed by atoms with Crippen LogP contribution in [0.15, 0.2) is 48.5 Å². The molecule has 1 aliphatic rings. The normalized spacial score (nSPS) is 12.9. The quantitative estimate of drug-likeness (QED) is 0.291. The van der Waals surface area contributed by atoms with Crippen molar-refractivity contribution in [2.24, 2.45) is 0 Å². The lowest BCUT2D eigenvalue weighted by molar-refractivity contribution is -0.128. The number of fused-ring (bicyclic) bond motifs is 3. The Morgan fingerprint density at radius 1 is 0.868 bits per heavy atom. The maximum atomic E-state index is 12.4. The molecule has 204 valence electrons. The maximum Gasteiger partial charge on any atom is 0.426 e. The van der Waals surface area contributed by atoms with Crippen LogP contribution in [0.2, 0.25) is 0 Å². The first kappa shape index (κ1) is 28.5. The highest BCUT2D eigenvalue weighted by atomic mass is 16.6. The summed E-state index contributed by atoms with van der Waals surface area (Å²) in [5.41, 5.74) is 8.33. The van der Waals surface area contributed by atoms with Gasteiger partial charge in [0.05, 0.1) is 0 Å². The van der Waals surface area contributed by atoms with E-state index in [0.29, 0.717) is 25.8 Å². The fourth-order valence-corrected chi connectivity index (χ4v) is 4.33. The fraction of sp³-hybridized carbons (Fsp3) is 0.429. The Labute approximate surface area is 222 Å². The molecule has 10 nitrogen and oxygen atoms in total. The SMILES string of the molecule is CC(=O)N[C@@H](CCCCNC(=O)OCC1c2ccccc2-c2ccccc21)C(=O)NNC(=O)OC(C)(C)C. The van der Waals surface area contributed by atoms with Gasteiger partial charge in [-0.05, 0) is 62.3 Å². The van der Waals surface area contributed by atoms with E-state index in [-0.39, 0.29) is 18.4 Å². The van der Waals surface area contributed by atoms with Crippen LogP contribution in [0.5, 0.6) is 0 Å². The predicted octanol–water partition coefficient (Wildman–Crippen LogP) is 3.76. The van der Waals surface area contributed by atoms with Gasteiger partial charge in [-0.25, -0.2) is 15.0 Å². The highest BCUT2D eigenvalue weighted by Gasteiger charge is 2.29. The van der Waals surface area contributed by atoms with Crippen molar-refractivity contribution in [2.75, 3.05) is 13.2 Å². The lowest BCUT2D eigenvalue weighted by atomic mass is 9.98. The molecular formula is C28H36N4O6. The first-order chi connectivity index (χ1) is 18.0. The van der Waals surface area contributed by atoms with E-state index in [9.17, 15) is 19.2 Å². The second kappa shape index (κ2) is 12.9. The largest absolute Gasteiger partial charge is 0.449 e. The zero-order valence-electron chi connectivity index (χ0n) is 22.3. The molecule has 10 heteroatoms. The van der Waals surface area contributed by atoms with Crippen molar-refractivity contribution >= 4 is 24.0 Å². The Bertz CT molecular complexity index is 1110. The van der Waals surface area contributed by atoms with E-state index >= 15 is 0 Å². The van der Waals surface area contributed by atoms with Crippen LogP contribution < -0.4 is 21.5 Å². The Kier molecular flexibility index (Phi) is 9.70. The monoisotopic (exact) mass is 524 g/mol. The highest BCUT2D eigenvalue weighted by molar-refractivity contribution is 5.87. The summed E-state index contributed by atoms with van der Waals surface area (Å²) < 4.78 is 10.6. The Hall–Kier alpha value is -4.08. The summed E-state index contributed by atoms with van der Waals surface area (Å²) in [6.07, 6.45) is 0.0965. The van der Waals surface area contributed by atoms with E-state index in [2.05, 4.69) is 45.8 Å². The van der Waals surface area contributed by atoms with Gasteiger partial charge in [0.25, 0.3) is 5.91 Å². The number of hydrogen-bond acceptors (Lipinski definition) is 6. The first-order valence-electron chi connectivity index (χ1n) is 12.7. The van der Waals surface area contributed by atoms with Crippen molar-refractivity contribution in [1.82, 2.24) is 21.5 Å². The van der Waals surface area contributed by atoms with Crippen LogP contribution in [0.3, 0.4) is 0 Å². The average Bonchev–Trinajstić information content (AvgIpc) is 3.17. The van der Waals surface area contributed by atoms with Crippen molar-refractivity contribution in [2.45, 2.75) is 64.5 Å². The van der Waals surface area contributed by atoms with Gasteiger partial charge in [-0.3, -0.25) is 15.0 Å². The molecule has 0 saturated carbocycles. The maximum absolute atomic E-state index is 12.4. The second-order valence-electron chi connectivity index (χ2n) is 10.1. The number of alkyl carbamates (subject to hydrolysis) is 1. The van der Waals surface area contributed by atoms with Gasteiger partial charge in [0.2, 0.25) is 5.91 Å². The minimum absolute atomic E-state index is 0.0145. The van der Waals surface area contributed by atoms with Crippen molar-refractivity contribution in [1.29, 1.82) is 0 Å². The van der Waals surface area contributed by atoms with E-state index in [4.69, 9.17) is 9.47 Å². The van der Waals surface area contributed by atoms with Crippen LogP contribution in [0.1, 0.15) is 64.0 Å². The highest BCUT2D eigenvalue weighted by Crippen LogP contribution is 2.44. The van der Waals surface area contributed by atoms with Gasteiger partial charge in [-0.15, -0.1) is 0 Å². The van der Waals surface area contributed by atoms with Gasteiger partial charge < -0.3 is 20.1 Å². The molecule has 0 aromatic heterocycles. The third-order valence-electron chi connectivity index (χ3n) is 5.91. The van der Waals surface area contributed by atoms with Crippen molar-refractivity contribution in [3.05, 3.63) is 59.7 Å². The zero-order valence-corrected chi connectivity index (χ0v) is 22.3. The summed E-state index contributed by atoms with van der Waals surface area (Å²) in [4.78, 5) is 48.0. The molecular weight excluding hydrogens is 488 g/mol. The van der Waals surface area contributed by atoms with Crippen LogP contribution in [-0.4, -0.2) is 48.8 Å². The minimum Gasteiger partial charge on any atom is -0.449 e. The minimum atomic E-state index is -0.850. The first-order valence-corrected chi connectivity index (χ1v) is 12.7. The van der Waals surface area contributed by atoms with Crippen molar-refractivity contribution in [3.63, 3.8) is 0 Å². The molecule has 3 rings (SSSR count). The summed E-state index contributed by atoms with van der Waals surface area (Å²) >= 11 is 0. The van der Waals surface area contributed by atoms with Gasteiger partial charge in [-0.2, -0.15) is 0 Å². The Balaban J connectivity index is 1.39. The molecule has 0 unspecified atom stereocenters. The predicted molar refractivity (Wildman–Crippen MR) is 142 cm³/mol. The molecule has 0 heterocycles. The molecule has 4 amide bonds. The molecule has 0 spiro atoms. The van der Waals surface area contributed by atoms with E-state index < -0.39 is 29.7 Å². The number of rotatable bonds is 9. The molecule has 38 heavy (non-hydrogen) atoms. The molecule has 1 atom stereocenters. The van der Waals surface area contributed by atoms with Gasteiger partial charge >= 0.3 is 12.2 Å². The molecule has 2 aromatic rings. The Morgan fingerprint density at radius 2 is 1.47 bits per heavy atom. The average molecular weight is 525 g/mol. The number of carbonyl (C=O) groups excluding carboxylic acids is 4. The standard InChI is InChI=1S/C28H36N4O6/c1-18(33)30-24(25(34)31-32-27(36)38-28(2,3)4)15-9-10-16-29-26(35)37-17-23-21-13-7-5-11-19(21)20-12-6-8-14-22(20)23/h5-8,11-14,23-24H,9-10,15-17H2,1-4H3,(H,29,35)(H,30,33)(H,31,34)(H,32,36)/t24-/m0/s1. The van der Waals surface area contributed by atoms with Crippen LogP contribution in [0.4, 0.5) is 9.59 Å². The summed E-state index contributed by atoms with van der Waals surface area (Å²) in [7, 11) is 0. The van der Waals surface area contributed by atoms with E-state index in [1.54, 1.807) is 20.8 Å². The number of benzene rings is 2. The number of ether oxygens (including phenoxy) is 2. The van der Waals surface area contributed by atoms with Crippen LogP contribution in [0, 0.1) is 0 Å². The van der Waals surface area contributed by atoms with Crippen molar-refractivity contribution in [3.8, 4) is 11.1 Å². The second-order valence-corrected chi connectivity index (χ2v) is 10.1. The number of amides is 4. The molecule has 4 N–H and O–H groups in total. The molecule has 0 aliphatic heterocycles. The number of unbranched alkanes of at least 4 members (excludes halogenated alkanes) is 1. The summed E-state index contributed by atoms with van der Waals surface area (Å²) in [5.74, 6) is -0.964. The smallest absolute Gasteiger partial charge is 0.426 e. The molecule has 0 bridgehead atoms. The van der Waals surface area contributed by atoms with E-state index in [1.807, 2.05) is 24.3 Å². The van der Waals surface area contributed by atoms with Gasteiger partial charge in [0.1, 0.15) is 18.2 Å². The summed E-state index contributed by atoms with van der Waals surface area (Å²) in [6.45, 7) is 6.98. The Morgan fingerprint density at radius 3 is 2.05 bits per heavy atom. The number of hydrogen-bond donors (Lipinski definition) is 4. The lowest BCUT2D eigenvalue weighted by Gasteiger charge is -2.21. The number of carbonyl (C=O) groups is 4.